The molecule has 0 aromatic heterocycles. The summed E-state index contributed by atoms with van der Waals surface area (Å²) in [5, 5.41) is 0. The average Bonchev–Trinajstić information content (AvgIpc) is 2.85. The Morgan fingerprint density at radius 2 is 1.70 bits per heavy atom. The Hall–Kier alpha value is -1.97. The molecule has 0 bridgehead atoms. The lowest BCUT2D eigenvalue weighted by atomic mass is 9.59. The number of esters is 1. The summed E-state index contributed by atoms with van der Waals surface area (Å²) >= 11 is 0. The van der Waals surface area contributed by atoms with Gasteiger partial charge in [-0.1, -0.05) is 31.1 Å². The molecule has 4 heteroatoms. The molecule has 33 heavy (non-hydrogen) atoms. The van der Waals surface area contributed by atoms with Gasteiger partial charge in [0.25, 0.3) is 0 Å². The van der Waals surface area contributed by atoms with Crippen LogP contribution in [0.3, 0.4) is 0 Å². The molecule has 0 saturated heterocycles. The van der Waals surface area contributed by atoms with E-state index in [0.29, 0.717) is 30.6 Å². The van der Waals surface area contributed by atoms with Gasteiger partial charge in [-0.2, -0.15) is 4.39 Å². The number of carbonyl (C=O) groups is 1. The van der Waals surface area contributed by atoms with Crippen molar-refractivity contribution in [3.05, 3.63) is 54.6 Å². The third-order valence-corrected chi connectivity index (χ3v) is 8.76. The molecule has 4 rings (SSSR count). The Labute approximate surface area is 197 Å². The van der Waals surface area contributed by atoms with Gasteiger partial charge in [-0.25, -0.2) is 4.39 Å². The maximum absolute atomic E-state index is 14.6. The fourth-order valence-electron chi connectivity index (χ4n) is 6.86. The van der Waals surface area contributed by atoms with Crippen molar-refractivity contribution in [1.82, 2.24) is 0 Å². The average molecular weight is 457 g/mol. The third kappa shape index (κ3) is 5.41. The van der Waals surface area contributed by atoms with Crippen LogP contribution in [0.25, 0.3) is 0 Å². The van der Waals surface area contributed by atoms with Crippen molar-refractivity contribution in [2.45, 2.75) is 77.0 Å². The van der Waals surface area contributed by atoms with E-state index in [0.717, 1.165) is 31.1 Å². The van der Waals surface area contributed by atoms with Crippen LogP contribution in [0.1, 0.15) is 76.2 Å². The molecule has 0 N–H and O–H groups in total. The number of benzene rings is 1. The SMILES string of the molecule is C=CCCc1ccc(OC(=O)C2CCCC3CC(C4CCC(C=C)CC4)CCC32)c(F)c1F. The van der Waals surface area contributed by atoms with Crippen molar-refractivity contribution in [3.8, 4) is 5.75 Å². The maximum atomic E-state index is 14.6. The zero-order valence-electron chi connectivity index (χ0n) is 19.7. The fourth-order valence-corrected chi connectivity index (χ4v) is 6.86. The molecule has 0 spiro atoms. The van der Waals surface area contributed by atoms with E-state index in [2.05, 4.69) is 19.2 Å². The Morgan fingerprint density at radius 1 is 0.939 bits per heavy atom. The van der Waals surface area contributed by atoms with Gasteiger partial charge in [0, 0.05) is 0 Å². The molecule has 0 aliphatic heterocycles. The summed E-state index contributed by atoms with van der Waals surface area (Å²) in [7, 11) is 0. The summed E-state index contributed by atoms with van der Waals surface area (Å²) in [5.41, 5.74) is 0.283. The predicted molar refractivity (Wildman–Crippen MR) is 128 cm³/mol. The minimum Gasteiger partial charge on any atom is -0.423 e. The molecule has 180 valence electrons. The van der Waals surface area contributed by atoms with Gasteiger partial charge >= 0.3 is 5.97 Å². The third-order valence-electron chi connectivity index (χ3n) is 8.76. The van der Waals surface area contributed by atoms with Crippen molar-refractivity contribution in [1.29, 1.82) is 0 Å². The molecule has 0 radical (unpaired) electrons. The van der Waals surface area contributed by atoms with Crippen molar-refractivity contribution in [2.24, 2.45) is 35.5 Å². The molecule has 4 unspecified atom stereocenters. The molecule has 2 nitrogen and oxygen atoms in total. The first kappa shape index (κ1) is 24.2. The van der Waals surface area contributed by atoms with Crippen molar-refractivity contribution < 1.29 is 18.3 Å². The van der Waals surface area contributed by atoms with Crippen LogP contribution in [0.5, 0.6) is 5.75 Å². The molecule has 0 heterocycles. The van der Waals surface area contributed by atoms with Gasteiger partial charge in [0.15, 0.2) is 11.6 Å². The van der Waals surface area contributed by atoms with E-state index in [1.165, 1.54) is 57.1 Å². The Bertz CT molecular complexity index is 855. The normalized spacial score (nSPS) is 31.9. The number of rotatable bonds is 7. The first-order valence-electron chi connectivity index (χ1n) is 12.9. The van der Waals surface area contributed by atoms with Crippen LogP contribution in [0.4, 0.5) is 8.78 Å². The highest BCUT2D eigenvalue weighted by molar-refractivity contribution is 5.75. The van der Waals surface area contributed by atoms with Crippen LogP contribution in [0.15, 0.2) is 37.4 Å². The largest absolute Gasteiger partial charge is 0.423 e. The zero-order valence-corrected chi connectivity index (χ0v) is 19.7. The van der Waals surface area contributed by atoms with Crippen LogP contribution in [0, 0.1) is 47.1 Å². The zero-order chi connectivity index (χ0) is 23.4. The second-order valence-corrected chi connectivity index (χ2v) is 10.5. The monoisotopic (exact) mass is 456 g/mol. The number of fused-ring (bicyclic) bond motifs is 1. The van der Waals surface area contributed by atoms with E-state index in [9.17, 15) is 13.6 Å². The van der Waals surface area contributed by atoms with Crippen LogP contribution < -0.4 is 4.74 Å². The van der Waals surface area contributed by atoms with Crippen molar-refractivity contribution in [2.75, 3.05) is 0 Å². The number of ether oxygens (including phenoxy) is 1. The minimum absolute atomic E-state index is 0.205. The molecule has 1 aromatic carbocycles. The lowest BCUT2D eigenvalue weighted by molar-refractivity contribution is -0.144. The van der Waals surface area contributed by atoms with E-state index in [4.69, 9.17) is 4.74 Å². The molecule has 4 atom stereocenters. The topological polar surface area (TPSA) is 26.3 Å². The molecule has 3 aliphatic carbocycles. The summed E-state index contributed by atoms with van der Waals surface area (Å²) in [6.45, 7) is 7.58. The minimum atomic E-state index is -1.06. The molecule has 3 aliphatic rings. The smallest absolute Gasteiger partial charge is 0.314 e. The molecule has 3 saturated carbocycles. The van der Waals surface area contributed by atoms with E-state index in [1.54, 1.807) is 6.08 Å². The molecular weight excluding hydrogens is 418 g/mol. The highest BCUT2D eigenvalue weighted by Crippen LogP contribution is 2.50. The maximum Gasteiger partial charge on any atom is 0.314 e. The van der Waals surface area contributed by atoms with Gasteiger partial charge in [-0.05, 0) is 105 Å². The predicted octanol–water partition coefficient (Wildman–Crippen LogP) is 7.81. The van der Waals surface area contributed by atoms with Gasteiger partial charge in [0.05, 0.1) is 5.92 Å². The molecule has 3 fully saturated rings. The number of halogens is 2. The Morgan fingerprint density at radius 3 is 2.42 bits per heavy atom. The van der Waals surface area contributed by atoms with Gasteiger partial charge in [0.1, 0.15) is 0 Å². The summed E-state index contributed by atoms with van der Waals surface area (Å²) in [4.78, 5) is 13.1. The number of aryl methyl sites for hydroxylation is 1. The fraction of sp³-hybridized carbons (Fsp3) is 0.621. The van der Waals surface area contributed by atoms with Gasteiger partial charge < -0.3 is 4.74 Å². The van der Waals surface area contributed by atoms with Crippen molar-refractivity contribution in [3.63, 3.8) is 0 Å². The molecule has 1 aromatic rings. The number of hydrogen-bond donors (Lipinski definition) is 0. The Balaban J connectivity index is 1.37. The van der Waals surface area contributed by atoms with Crippen LogP contribution >= 0.6 is 0 Å². The number of hydrogen-bond acceptors (Lipinski definition) is 2. The van der Waals surface area contributed by atoms with Crippen LogP contribution in [-0.4, -0.2) is 5.97 Å². The van der Waals surface area contributed by atoms with E-state index < -0.39 is 11.6 Å². The second kappa shape index (κ2) is 11.0. The summed E-state index contributed by atoms with van der Waals surface area (Å²) in [6.07, 6.45) is 16.3. The second-order valence-electron chi connectivity index (χ2n) is 10.5. The first-order valence-corrected chi connectivity index (χ1v) is 12.9. The summed E-state index contributed by atoms with van der Waals surface area (Å²) in [6, 6.07) is 2.91. The van der Waals surface area contributed by atoms with Crippen molar-refractivity contribution >= 4 is 5.97 Å². The number of carbonyl (C=O) groups excluding carboxylic acids is 1. The highest BCUT2D eigenvalue weighted by atomic mass is 19.2. The van der Waals surface area contributed by atoms with Gasteiger partial charge in [-0.15, -0.1) is 13.2 Å². The molecule has 0 amide bonds. The lowest BCUT2D eigenvalue weighted by Crippen LogP contribution is -2.40. The quantitative estimate of drug-likeness (QED) is 0.237. The van der Waals surface area contributed by atoms with Gasteiger partial charge in [-0.3, -0.25) is 4.79 Å². The highest BCUT2D eigenvalue weighted by Gasteiger charge is 2.43. The van der Waals surface area contributed by atoms with E-state index in [-0.39, 0.29) is 23.2 Å². The summed E-state index contributed by atoms with van der Waals surface area (Å²) < 4.78 is 34.4. The number of allylic oxidation sites excluding steroid dienone is 2. The molecular formula is C29H38F2O2. The lowest BCUT2D eigenvalue weighted by Gasteiger charge is -2.45. The Kier molecular flexibility index (Phi) is 8.03. The van der Waals surface area contributed by atoms with E-state index >= 15 is 0 Å². The van der Waals surface area contributed by atoms with Gasteiger partial charge in [0.2, 0.25) is 5.82 Å². The first-order chi connectivity index (χ1) is 16.0. The van der Waals surface area contributed by atoms with Crippen LogP contribution in [-0.2, 0) is 11.2 Å². The standard InChI is InChI=1S/C29H38F2O2/c1-3-5-7-21-15-17-26(28(31)27(21)30)33-29(32)25-9-6-8-23-18-22(14-16-24(23)25)20-12-10-19(4-2)11-13-20/h3-4,15,17,19-20,22-25H,1-2,5-14,16,18H2. The van der Waals surface area contributed by atoms with Crippen LogP contribution in [0.2, 0.25) is 0 Å². The van der Waals surface area contributed by atoms with E-state index in [1.807, 2.05) is 0 Å². The summed E-state index contributed by atoms with van der Waals surface area (Å²) in [5.74, 6) is 0.277.